The van der Waals surface area contributed by atoms with Crippen molar-refractivity contribution < 1.29 is 41.0 Å². The van der Waals surface area contributed by atoms with Crippen LogP contribution in [-0.4, -0.2) is 42.6 Å². The number of sulfone groups is 1. The molecule has 42 heavy (non-hydrogen) atoms. The van der Waals surface area contributed by atoms with Gasteiger partial charge in [0, 0.05) is 18.1 Å². The normalized spacial score (nSPS) is 12.5. The minimum atomic E-state index is -4.48. The van der Waals surface area contributed by atoms with Gasteiger partial charge in [0.2, 0.25) is 0 Å². The highest BCUT2D eigenvalue weighted by Crippen LogP contribution is 2.36. The zero-order valence-corrected chi connectivity index (χ0v) is 23.9. The van der Waals surface area contributed by atoms with Crippen molar-refractivity contribution in [3.05, 3.63) is 94.4 Å². The highest BCUT2D eigenvalue weighted by molar-refractivity contribution is 7.91. The Balaban J connectivity index is 1.50. The Hall–Kier alpha value is -4.07. The van der Waals surface area contributed by atoms with Gasteiger partial charge >= 0.3 is 6.18 Å². The summed E-state index contributed by atoms with van der Waals surface area (Å²) < 4.78 is 68.2. The lowest BCUT2D eigenvalue weighted by molar-refractivity contribution is -0.137. The molecule has 0 fully saturated rings. The van der Waals surface area contributed by atoms with Crippen LogP contribution in [0.3, 0.4) is 0 Å². The van der Waals surface area contributed by atoms with E-state index in [1.807, 2.05) is 0 Å². The van der Waals surface area contributed by atoms with Gasteiger partial charge in [-0.3, -0.25) is 9.59 Å². The molecule has 0 bridgehead atoms. The second-order valence-electron chi connectivity index (χ2n) is 9.10. The van der Waals surface area contributed by atoms with Gasteiger partial charge in [-0.2, -0.15) is 13.2 Å². The molecule has 0 aliphatic heterocycles. The molecule has 1 heterocycles. The highest BCUT2D eigenvalue weighted by atomic mass is 32.2. The van der Waals surface area contributed by atoms with Crippen LogP contribution in [0.4, 0.5) is 13.2 Å². The Morgan fingerprint density at radius 1 is 1.00 bits per heavy atom. The third-order valence-electron chi connectivity index (χ3n) is 6.24. The van der Waals surface area contributed by atoms with E-state index in [0.717, 1.165) is 35.6 Å². The Bertz CT molecular complexity index is 1680. The largest absolute Gasteiger partial charge is 0.431 e. The van der Waals surface area contributed by atoms with Crippen molar-refractivity contribution >= 4 is 32.9 Å². The summed E-state index contributed by atoms with van der Waals surface area (Å²) in [6.07, 6.45) is -4.48. The maximum Gasteiger partial charge on any atom is 0.416 e. The molecule has 1 aromatic heterocycles. The zero-order valence-electron chi connectivity index (χ0n) is 22.3. The van der Waals surface area contributed by atoms with Gasteiger partial charge in [-0.1, -0.05) is 42.5 Å². The predicted octanol–water partition coefficient (Wildman–Crippen LogP) is 6.08. The van der Waals surface area contributed by atoms with Crippen LogP contribution in [0, 0.1) is 0 Å². The zero-order chi connectivity index (χ0) is 30.7. The fourth-order valence-electron chi connectivity index (χ4n) is 3.92. The average Bonchev–Trinajstić information content (AvgIpc) is 3.40. The van der Waals surface area contributed by atoms with Crippen molar-refractivity contribution in [3.63, 3.8) is 0 Å². The van der Waals surface area contributed by atoms with Gasteiger partial charge in [-0.25, -0.2) is 13.4 Å². The molecule has 4 rings (SSSR count). The number of hydrogen-bond donors (Lipinski definition) is 2. The van der Waals surface area contributed by atoms with Gasteiger partial charge in [-0.05, 0) is 54.1 Å². The number of aliphatic hydroxyl groups is 1. The van der Waals surface area contributed by atoms with E-state index in [4.69, 9.17) is 4.74 Å². The summed E-state index contributed by atoms with van der Waals surface area (Å²) in [5.74, 6) is -0.729. The summed E-state index contributed by atoms with van der Waals surface area (Å²) in [7, 11) is -3.39. The number of hydrogen-bond acceptors (Lipinski definition) is 8. The van der Waals surface area contributed by atoms with Crippen molar-refractivity contribution in [2.45, 2.75) is 31.0 Å². The number of amides is 1. The number of carbonyl (C=O) groups is 2. The molecule has 0 saturated carbocycles. The van der Waals surface area contributed by atoms with Crippen molar-refractivity contribution in [2.24, 2.45) is 0 Å². The van der Waals surface area contributed by atoms with E-state index in [1.165, 1.54) is 50.2 Å². The molecule has 3 aromatic carbocycles. The highest BCUT2D eigenvalue weighted by Gasteiger charge is 2.30. The molecule has 1 amide bonds. The second kappa shape index (κ2) is 12.4. The average molecular weight is 619 g/mol. The standard InChI is InChI=1S/C29H25F3N2O6S2/c1-3-42(38,39)23-14-8-18(9-15-23)24(16-35)33-27(37)20-6-4-19(5-7-20)25-26(17(2)36)41-28(34-25)40-22-12-10-21(11-13-22)29(30,31)32/h4-15,24,35H,3,16H2,1-2H3,(H,33,37). The molecule has 0 aliphatic rings. The molecule has 0 aliphatic carbocycles. The summed E-state index contributed by atoms with van der Waals surface area (Å²) in [4.78, 5) is 29.9. The minimum Gasteiger partial charge on any atom is -0.431 e. The topological polar surface area (TPSA) is 123 Å². The lowest BCUT2D eigenvalue weighted by Crippen LogP contribution is -2.30. The van der Waals surface area contributed by atoms with Crippen molar-refractivity contribution in [1.82, 2.24) is 10.3 Å². The first-order valence-corrected chi connectivity index (χ1v) is 15.0. The Labute approximate surface area is 243 Å². The molecule has 8 nitrogen and oxygen atoms in total. The summed E-state index contributed by atoms with van der Waals surface area (Å²) in [5, 5.41) is 12.6. The molecule has 2 N–H and O–H groups in total. The van der Waals surface area contributed by atoms with Crippen LogP contribution in [0.2, 0.25) is 0 Å². The number of nitrogens with one attached hydrogen (secondary N) is 1. The summed E-state index contributed by atoms with van der Waals surface area (Å²) >= 11 is 0.941. The summed E-state index contributed by atoms with van der Waals surface area (Å²) in [6, 6.07) is 15.4. The SMILES string of the molecule is CCS(=O)(=O)c1ccc(C(CO)NC(=O)c2ccc(-c3nc(Oc4ccc(C(F)(F)F)cc4)sc3C(C)=O)cc2)cc1. The number of rotatable bonds is 10. The van der Waals surface area contributed by atoms with E-state index in [1.54, 1.807) is 12.1 Å². The van der Waals surface area contributed by atoms with Gasteiger partial charge < -0.3 is 15.2 Å². The van der Waals surface area contributed by atoms with Crippen LogP contribution in [0.25, 0.3) is 11.3 Å². The number of benzene rings is 3. The number of ketones is 1. The van der Waals surface area contributed by atoms with Gasteiger partial charge in [0.15, 0.2) is 15.6 Å². The van der Waals surface area contributed by atoms with E-state index < -0.39 is 40.1 Å². The molecule has 1 unspecified atom stereocenters. The first-order chi connectivity index (χ1) is 19.8. The van der Waals surface area contributed by atoms with Crippen LogP contribution >= 0.6 is 11.3 Å². The van der Waals surface area contributed by atoms with Crippen molar-refractivity contribution in [3.8, 4) is 22.2 Å². The first kappa shape index (κ1) is 30.9. The van der Waals surface area contributed by atoms with Crippen molar-refractivity contribution in [2.75, 3.05) is 12.4 Å². The summed E-state index contributed by atoms with van der Waals surface area (Å²) in [6.45, 7) is 2.46. The van der Waals surface area contributed by atoms with E-state index >= 15 is 0 Å². The first-order valence-electron chi connectivity index (χ1n) is 12.5. The minimum absolute atomic E-state index is 0.0508. The molecular formula is C29H25F3N2O6S2. The number of carbonyl (C=O) groups excluding carboxylic acids is 2. The Morgan fingerprint density at radius 2 is 1.62 bits per heavy atom. The Kier molecular flexibility index (Phi) is 9.14. The number of ether oxygens (including phenoxy) is 1. The van der Waals surface area contributed by atoms with Crippen LogP contribution in [0.5, 0.6) is 10.9 Å². The van der Waals surface area contributed by atoms with Gasteiger partial charge in [0.05, 0.1) is 34.6 Å². The fourth-order valence-corrected chi connectivity index (χ4v) is 5.66. The summed E-state index contributed by atoms with van der Waals surface area (Å²) in [5.41, 5.74) is 0.738. The van der Waals surface area contributed by atoms with Crippen LogP contribution in [0.1, 0.15) is 51.0 Å². The van der Waals surface area contributed by atoms with E-state index in [9.17, 15) is 36.3 Å². The maximum absolute atomic E-state index is 12.9. The van der Waals surface area contributed by atoms with Crippen molar-refractivity contribution in [1.29, 1.82) is 0 Å². The quantitative estimate of drug-likeness (QED) is 0.207. The molecule has 1 atom stereocenters. The molecule has 220 valence electrons. The number of aliphatic hydroxyl groups excluding tert-OH is 1. The van der Waals surface area contributed by atoms with Gasteiger partial charge in [-0.15, -0.1) is 0 Å². The predicted molar refractivity (Wildman–Crippen MR) is 151 cm³/mol. The van der Waals surface area contributed by atoms with Crippen LogP contribution in [-0.2, 0) is 16.0 Å². The number of aromatic nitrogens is 1. The number of alkyl halides is 3. The monoisotopic (exact) mass is 618 g/mol. The molecule has 4 aromatic rings. The Morgan fingerprint density at radius 3 is 2.14 bits per heavy atom. The molecular weight excluding hydrogens is 593 g/mol. The fraction of sp³-hybridized carbons (Fsp3) is 0.207. The van der Waals surface area contributed by atoms with Crippen LogP contribution in [0.15, 0.2) is 77.7 Å². The second-order valence-corrected chi connectivity index (χ2v) is 12.3. The molecule has 0 saturated heterocycles. The lowest BCUT2D eigenvalue weighted by atomic mass is 10.0. The number of Topliss-reactive ketones (excluding diaryl/α,β-unsaturated/α-hetero) is 1. The number of nitrogens with zero attached hydrogens (tertiary/aromatic N) is 1. The van der Waals surface area contributed by atoms with E-state index in [0.29, 0.717) is 11.1 Å². The smallest absolute Gasteiger partial charge is 0.416 e. The van der Waals surface area contributed by atoms with Gasteiger partial charge in [0.25, 0.3) is 11.1 Å². The molecule has 0 radical (unpaired) electrons. The van der Waals surface area contributed by atoms with Crippen LogP contribution < -0.4 is 10.1 Å². The third kappa shape index (κ3) is 7.04. The lowest BCUT2D eigenvalue weighted by Gasteiger charge is -2.17. The molecule has 0 spiro atoms. The van der Waals surface area contributed by atoms with E-state index in [-0.39, 0.29) is 43.5 Å². The maximum atomic E-state index is 12.9. The third-order valence-corrected chi connectivity index (χ3v) is 9.03. The number of thiazole rings is 1. The molecule has 13 heteroatoms. The van der Waals surface area contributed by atoms with Gasteiger partial charge in [0.1, 0.15) is 10.6 Å². The number of halogens is 3. The van der Waals surface area contributed by atoms with E-state index in [2.05, 4.69) is 10.3 Å².